The quantitative estimate of drug-likeness (QED) is 0.844. The van der Waals surface area contributed by atoms with E-state index in [2.05, 4.69) is 9.88 Å². The van der Waals surface area contributed by atoms with Crippen molar-refractivity contribution in [2.45, 2.75) is 18.9 Å². The third-order valence-corrected chi connectivity index (χ3v) is 5.78. The van der Waals surface area contributed by atoms with E-state index in [9.17, 15) is 4.79 Å². The third-order valence-electron chi connectivity index (χ3n) is 4.89. The molecule has 1 amide bonds. The molecule has 0 bridgehead atoms. The van der Waals surface area contributed by atoms with Gasteiger partial charge in [0.25, 0.3) is 5.91 Å². The van der Waals surface area contributed by atoms with E-state index >= 15 is 0 Å². The Morgan fingerprint density at radius 3 is 2.72 bits per heavy atom. The minimum absolute atomic E-state index is 0.0511. The lowest BCUT2D eigenvalue weighted by Crippen LogP contribution is -2.50. The summed E-state index contributed by atoms with van der Waals surface area (Å²) in [6.07, 6.45) is 2.73. The number of nitrogens with zero attached hydrogens (tertiary/aromatic N) is 3. The molecule has 2 aliphatic rings. The Morgan fingerprint density at radius 1 is 1.20 bits per heavy atom. The highest BCUT2D eigenvalue weighted by molar-refractivity contribution is 7.13. The maximum Gasteiger partial charge on any atom is 0.273 e. The molecule has 0 N–H and O–H groups in total. The molecule has 1 aromatic heterocycles. The second-order valence-electron chi connectivity index (χ2n) is 6.63. The van der Waals surface area contributed by atoms with Crippen molar-refractivity contribution in [3.63, 3.8) is 0 Å². The monoisotopic (exact) mass is 357 g/mol. The Labute approximate surface area is 152 Å². The summed E-state index contributed by atoms with van der Waals surface area (Å²) in [4.78, 5) is 21.6. The maximum atomic E-state index is 12.7. The van der Waals surface area contributed by atoms with Gasteiger partial charge in [-0.05, 0) is 12.8 Å². The Morgan fingerprint density at radius 2 is 2.00 bits per heavy atom. The number of ether oxygens (including phenoxy) is 1. The molecule has 0 spiro atoms. The number of amides is 1. The average Bonchev–Trinajstić information content (AvgIpc) is 3.34. The predicted octanol–water partition coefficient (Wildman–Crippen LogP) is 2.75. The summed E-state index contributed by atoms with van der Waals surface area (Å²) in [5, 5.41) is 2.78. The van der Waals surface area contributed by atoms with Crippen LogP contribution in [-0.4, -0.2) is 66.1 Å². The molecular weight excluding hydrogens is 334 g/mol. The first-order chi connectivity index (χ1) is 12.3. The molecule has 1 aromatic carbocycles. The molecule has 5 nitrogen and oxygen atoms in total. The lowest BCUT2D eigenvalue weighted by atomic mass is 10.2. The van der Waals surface area contributed by atoms with E-state index in [1.54, 1.807) is 0 Å². The number of carbonyl (C=O) groups excluding carboxylic acids is 1. The van der Waals surface area contributed by atoms with Gasteiger partial charge in [-0.15, -0.1) is 11.3 Å². The molecule has 132 valence electrons. The minimum Gasteiger partial charge on any atom is -0.377 e. The van der Waals surface area contributed by atoms with E-state index < -0.39 is 0 Å². The molecule has 0 radical (unpaired) electrons. The first kappa shape index (κ1) is 16.7. The molecule has 4 rings (SSSR count). The number of carbonyl (C=O) groups is 1. The van der Waals surface area contributed by atoms with Crippen LogP contribution in [0.15, 0.2) is 35.7 Å². The minimum atomic E-state index is 0.0511. The molecule has 25 heavy (non-hydrogen) atoms. The Hall–Kier alpha value is -1.76. The lowest BCUT2D eigenvalue weighted by Gasteiger charge is -2.35. The lowest BCUT2D eigenvalue weighted by molar-refractivity contribution is 0.0430. The third kappa shape index (κ3) is 3.92. The van der Waals surface area contributed by atoms with E-state index in [4.69, 9.17) is 4.74 Å². The van der Waals surface area contributed by atoms with Crippen LogP contribution in [0, 0.1) is 0 Å². The van der Waals surface area contributed by atoms with E-state index in [0.29, 0.717) is 11.8 Å². The SMILES string of the molecule is O=C(c1csc(-c2ccccc2)n1)N1CCN(CC2CCCO2)CC1. The van der Waals surface area contributed by atoms with Crippen LogP contribution in [0.4, 0.5) is 0 Å². The molecule has 0 aliphatic carbocycles. The van der Waals surface area contributed by atoms with Crippen molar-refractivity contribution in [1.29, 1.82) is 0 Å². The molecule has 2 fully saturated rings. The van der Waals surface area contributed by atoms with Gasteiger partial charge in [0.15, 0.2) is 0 Å². The zero-order chi connectivity index (χ0) is 17.1. The summed E-state index contributed by atoms with van der Waals surface area (Å²) in [6, 6.07) is 10.0. The predicted molar refractivity (Wildman–Crippen MR) is 98.9 cm³/mol. The largest absolute Gasteiger partial charge is 0.377 e. The van der Waals surface area contributed by atoms with Gasteiger partial charge in [-0.25, -0.2) is 4.98 Å². The van der Waals surface area contributed by atoms with Crippen LogP contribution in [0.25, 0.3) is 10.6 Å². The van der Waals surface area contributed by atoms with Crippen LogP contribution < -0.4 is 0 Å². The van der Waals surface area contributed by atoms with E-state index in [-0.39, 0.29) is 5.91 Å². The van der Waals surface area contributed by atoms with Crippen molar-refractivity contribution in [2.24, 2.45) is 0 Å². The van der Waals surface area contributed by atoms with Gasteiger partial charge in [-0.1, -0.05) is 30.3 Å². The first-order valence-electron chi connectivity index (χ1n) is 8.94. The first-order valence-corrected chi connectivity index (χ1v) is 9.82. The molecule has 2 aromatic rings. The fraction of sp³-hybridized carbons (Fsp3) is 0.474. The number of piperazine rings is 1. The van der Waals surface area contributed by atoms with Gasteiger partial charge in [0, 0.05) is 50.3 Å². The van der Waals surface area contributed by atoms with Crippen LogP contribution in [-0.2, 0) is 4.74 Å². The molecule has 2 saturated heterocycles. The fourth-order valence-corrected chi connectivity index (χ4v) is 4.26. The maximum absolute atomic E-state index is 12.7. The Balaban J connectivity index is 1.34. The molecule has 3 heterocycles. The van der Waals surface area contributed by atoms with E-state index in [1.807, 2.05) is 40.6 Å². The Kier molecular flexibility index (Phi) is 5.10. The van der Waals surface area contributed by atoms with Crippen molar-refractivity contribution in [3.05, 3.63) is 41.4 Å². The molecule has 1 unspecified atom stereocenters. The molecule has 1 atom stereocenters. The van der Waals surface area contributed by atoms with Gasteiger partial charge in [-0.3, -0.25) is 9.69 Å². The van der Waals surface area contributed by atoms with E-state index in [1.165, 1.54) is 24.2 Å². The number of thiazole rings is 1. The van der Waals surface area contributed by atoms with Gasteiger partial charge >= 0.3 is 0 Å². The number of rotatable bonds is 4. The number of hydrogen-bond donors (Lipinski definition) is 0. The summed E-state index contributed by atoms with van der Waals surface area (Å²) in [6.45, 7) is 5.27. The van der Waals surface area contributed by atoms with Crippen LogP contribution in [0.3, 0.4) is 0 Å². The van der Waals surface area contributed by atoms with Gasteiger partial charge in [0.1, 0.15) is 10.7 Å². The fourth-order valence-electron chi connectivity index (χ4n) is 3.46. The van der Waals surface area contributed by atoms with Gasteiger partial charge in [0.05, 0.1) is 6.10 Å². The van der Waals surface area contributed by atoms with Gasteiger partial charge in [0.2, 0.25) is 0 Å². The zero-order valence-corrected chi connectivity index (χ0v) is 15.1. The number of hydrogen-bond acceptors (Lipinski definition) is 5. The second kappa shape index (κ2) is 7.64. The molecule has 6 heteroatoms. The van der Waals surface area contributed by atoms with Crippen molar-refractivity contribution < 1.29 is 9.53 Å². The average molecular weight is 357 g/mol. The van der Waals surface area contributed by atoms with Crippen molar-refractivity contribution >= 4 is 17.2 Å². The van der Waals surface area contributed by atoms with Crippen molar-refractivity contribution in [1.82, 2.24) is 14.8 Å². The summed E-state index contributed by atoms with van der Waals surface area (Å²) >= 11 is 1.53. The molecular formula is C19H23N3O2S. The van der Waals surface area contributed by atoms with Crippen LogP contribution >= 0.6 is 11.3 Å². The molecule has 0 saturated carbocycles. The highest BCUT2D eigenvalue weighted by Crippen LogP contribution is 2.24. The van der Waals surface area contributed by atoms with E-state index in [0.717, 1.165) is 49.9 Å². The molecule has 2 aliphatic heterocycles. The summed E-state index contributed by atoms with van der Waals surface area (Å²) < 4.78 is 5.71. The van der Waals surface area contributed by atoms with Crippen LogP contribution in [0.2, 0.25) is 0 Å². The Bertz CT molecular complexity index is 704. The van der Waals surface area contributed by atoms with Crippen molar-refractivity contribution in [2.75, 3.05) is 39.3 Å². The summed E-state index contributed by atoms with van der Waals surface area (Å²) in [5.74, 6) is 0.0511. The normalized spacial score (nSPS) is 21.6. The van der Waals surface area contributed by atoms with Gasteiger partial charge < -0.3 is 9.64 Å². The second-order valence-corrected chi connectivity index (χ2v) is 7.49. The smallest absolute Gasteiger partial charge is 0.273 e. The number of benzene rings is 1. The van der Waals surface area contributed by atoms with Gasteiger partial charge in [-0.2, -0.15) is 0 Å². The van der Waals surface area contributed by atoms with Crippen molar-refractivity contribution in [3.8, 4) is 10.6 Å². The van der Waals surface area contributed by atoms with Crippen LogP contribution in [0.1, 0.15) is 23.3 Å². The topological polar surface area (TPSA) is 45.7 Å². The summed E-state index contributed by atoms with van der Waals surface area (Å²) in [5.41, 5.74) is 1.63. The highest BCUT2D eigenvalue weighted by atomic mass is 32.1. The number of aromatic nitrogens is 1. The highest BCUT2D eigenvalue weighted by Gasteiger charge is 2.26. The standard InChI is InChI=1S/C19H23N3O2S/c23-19(17-14-25-18(20-17)15-5-2-1-3-6-15)22-10-8-21(9-11-22)13-16-7-4-12-24-16/h1-3,5-6,14,16H,4,7-13H2. The zero-order valence-electron chi connectivity index (χ0n) is 14.3. The van der Waals surface area contributed by atoms with Crippen LogP contribution in [0.5, 0.6) is 0 Å². The summed E-state index contributed by atoms with van der Waals surface area (Å²) in [7, 11) is 0.